The maximum absolute atomic E-state index is 12.9. The summed E-state index contributed by atoms with van der Waals surface area (Å²) in [6, 6.07) is 2.01. The summed E-state index contributed by atoms with van der Waals surface area (Å²) in [4.78, 5) is 0. The molecule has 1 rings (SSSR count). The van der Waals surface area contributed by atoms with E-state index in [-0.39, 0.29) is 5.02 Å². The van der Waals surface area contributed by atoms with Gasteiger partial charge in [0.15, 0.2) is 0 Å². The molecule has 0 amide bonds. The molecular formula is C9H10ClF2N. The van der Waals surface area contributed by atoms with Crippen molar-refractivity contribution in [3.8, 4) is 0 Å². The molecular weight excluding hydrogens is 196 g/mol. The fraction of sp³-hybridized carbons (Fsp3) is 0.333. The average Bonchev–Trinajstić information content (AvgIpc) is 2.09. The zero-order valence-corrected chi connectivity index (χ0v) is 7.74. The van der Waals surface area contributed by atoms with Gasteiger partial charge in [-0.05, 0) is 31.0 Å². The molecule has 0 aliphatic rings. The molecule has 4 heteroatoms. The molecule has 0 spiro atoms. The van der Waals surface area contributed by atoms with Gasteiger partial charge in [0, 0.05) is 6.07 Å². The highest BCUT2D eigenvalue weighted by Crippen LogP contribution is 2.22. The van der Waals surface area contributed by atoms with Gasteiger partial charge in [-0.15, -0.1) is 0 Å². The van der Waals surface area contributed by atoms with Gasteiger partial charge in [0.25, 0.3) is 0 Å². The van der Waals surface area contributed by atoms with Crippen molar-refractivity contribution in [2.75, 3.05) is 6.54 Å². The molecule has 1 aromatic rings. The van der Waals surface area contributed by atoms with Crippen LogP contribution in [0.2, 0.25) is 5.02 Å². The van der Waals surface area contributed by atoms with Crippen LogP contribution in [0.15, 0.2) is 12.1 Å². The minimum Gasteiger partial charge on any atom is -0.330 e. The minimum absolute atomic E-state index is 0.00477. The zero-order chi connectivity index (χ0) is 9.84. The number of hydrogen-bond donors (Lipinski definition) is 1. The topological polar surface area (TPSA) is 26.0 Å². The third-order valence-corrected chi connectivity index (χ3v) is 2.14. The van der Waals surface area contributed by atoms with Gasteiger partial charge in [-0.25, -0.2) is 8.78 Å². The third kappa shape index (κ3) is 2.64. The van der Waals surface area contributed by atoms with Crippen molar-refractivity contribution in [2.24, 2.45) is 5.73 Å². The van der Waals surface area contributed by atoms with Crippen LogP contribution in [-0.4, -0.2) is 6.54 Å². The molecule has 0 unspecified atom stereocenters. The lowest BCUT2D eigenvalue weighted by atomic mass is 10.1. The Labute approximate surface area is 80.5 Å². The second-order valence-electron chi connectivity index (χ2n) is 2.75. The van der Waals surface area contributed by atoms with Crippen molar-refractivity contribution in [1.29, 1.82) is 0 Å². The van der Waals surface area contributed by atoms with Gasteiger partial charge in [-0.1, -0.05) is 11.6 Å². The monoisotopic (exact) mass is 205 g/mol. The van der Waals surface area contributed by atoms with Crippen LogP contribution in [0, 0.1) is 11.6 Å². The van der Waals surface area contributed by atoms with E-state index in [1.807, 2.05) is 0 Å². The maximum atomic E-state index is 12.9. The summed E-state index contributed by atoms with van der Waals surface area (Å²) in [6.45, 7) is 0.481. The second kappa shape index (κ2) is 4.53. The number of halogens is 3. The van der Waals surface area contributed by atoms with E-state index in [2.05, 4.69) is 0 Å². The predicted octanol–water partition coefficient (Wildman–Crippen LogP) is 2.51. The Morgan fingerprint density at radius 2 is 2.00 bits per heavy atom. The van der Waals surface area contributed by atoms with E-state index >= 15 is 0 Å². The van der Waals surface area contributed by atoms with Gasteiger partial charge < -0.3 is 5.73 Å². The predicted molar refractivity (Wildman–Crippen MR) is 48.7 cm³/mol. The molecule has 0 aromatic heterocycles. The number of benzene rings is 1. The summed E-state index contributed by atoms with van der Waals surface area (Å²) in [5, 5.41) is -0.00477. The van der Waals surface area contributed by atoms with Crippen molar-refractivity contribution in [3.63, 3.8) is 0 Å². The number of nitrogens with two attached hydrogens (primary N) is 1. The highest BCUT2D eigenvalue weighted by molar-refractivity contribution is 6.31. The molecule has 0 heterocycles. The molecule has 72 valence electrons. The minimum atomic E-state index is -0.714. The quantitative estimate of drug-likeness (QED) is 0.754. The first-order chi connectivity index (χ1) is 6.15. The summed E-state index contributed by atoms with van der Waals surface area (Å²) in [5.41, 5.74) is 5.75. The van der Waals surface area contributed by atoms with Gasteiger partial charge in [0.2, 0.25) is 0 Å². The van der Waals surface area contributed by atoms with Gasteiger partial charge >= 0.3 is 0 Å². The van der Waals surface area contributed by atoms with Crippen LogP contribution >= 0.6 is 11.6 Å². The molecule has 0 saturated carbocycles. The van der Waals surface area contributed by atoms with Crippen molar-refractivity contribution in [3.05, 3.63) is 34.4 Å². The lowest BCUT2D eigenvalue weighted by Crippen LogP contribution is -2.01. The molecule has 13 heavy (non-hydrogen) atoms. The normalized spacial score (nSPS) is 10.5. The Kier molecular flexibility index (Phi) is 3.63. The molecule has 0 bridgehead atoms. The standard InChI is InChI=1S/C9H10ClF2N/c10-9-6(2-1-3-13)4-7(11)5-8(9)12/h4-5H,1-3,13H2. The van der Waals surface area contributed by atoms with Crippen LogP contribution < -0.4 is 5.73 Å². The van der Waals surface area contributed by atoms with Crippen LogP contribution in [0.3, 0.4) is 0 Å². The van der Waals surface area contributed by atoms with E-state index in [1.54, 1.807) is 0 Å². The highest BCUT2D eigenvalue weighted by Gasteiger charge is 2.08. The van der Waals surface area contributed by atoms with Gasteiger partial charge in [0.05, 0.1) is 5.02 Å². The fourth-order valence-corrected chi connectivity index (χ4v) is 1.29. The van der Waals surface area contributed by atoms with E-state index < -0.39 is 11.6 Å². The molecule has 2 N–H and O–H groups in total. The van der Waals surface area contributed by atoms with Crippen molar-refractivity contribution >= 4 is 11.6 Å². The van der Waals surface area contributed by atoms with Crippen molar-refractivity contribution < 1.29 is 8.78 Å². The number of hydrogen-bond acceptors (Lipinski definition) is 1. The van der Waals surface area contributed by atoms with Crippen LogP contribution in [0.25, 0.3) is 0 Å². The SMILES string of the molecule is NCCCc1cc(F)cc(F)c1Cl. The first kappa shape index (κ1) is 10.4. The smallest absolute Gasteiger partial charge is 0.144 e. The third-order valence-electron chi connectivity index (χ3n) is 1.72. The van der Waals surface area contributed by atoms with Gasteiger partial charge in [-0.3, -0.25) is 0 Å². The fourth-order valence-electron chi connectivity index (χ4n) is 1.08. The summed E-state index contributed by atoms with van der Waals surface area (Å²) >= 11 is 5.62. The van der Waals surface area contributed by atoms with E-state index in [0.29, 0.717) is 24.9 Å². The van der Waals surface area contributed by atoms with Gasteiger partial charge in [-0.2, -0.15) is 0 Å². The highest BCUT2D eigenvalue weighted by atomic mass is 35.5. The summed E-state index contributed by atoms with van der Waals surface area (Å²) in [5.74, 6) is -1.32. The lowest BCUT2D eigenvalue weighted by molar-refractivity contribution is 0.579. The second-order valence-corrected chi connectivity index (χ2v) is 3.13. The molecule has 0 aliphatic heterocycles. The molecule has 1 nitrogen and oxygen atoms in total. The van der Waals surface area contributed by atoms with E-state index in [9.17, 15) is 8.78 Å². The number of rotatable bonds is 3. The largest absolute Gasteiger partial charge is 0.330 e. The molecule has 0 saturated heterocycles. The van der Waals surface area contributed by atoms with E-state index in [0.717, 1.165) is 6.07 Å². The van der Waals surface area contributed by atoms with E-state index in [4.69, 9.17) is 17.3 Å². The Balaban J connectivity index is 2.92. The molecule has 0 aliphatic carbocycles. The van der Waals surface area contributed by atoms with Gasteiger partial charge in [0.1, 0.15) is 11.6 Å². The Morgan fingerprint density at radius 1 is 1.31 bits per heavy atom. The summed E-state index contributed by atoms with van der Waals surface area (Å²) in [7, 11) is 0. The summed E-state index contributed by atoms with van der Waals surface area (Å²) in [6.07, 6.45) is 1.17. The first-order valence-electron chi connectivity index (χ1n) is 3.98. The average molecular weight is 206 g/mol. The molecule has 1 aromatic carbocycles. The first-order valence-corrected chi connectivity index (χ1v) is 4.36. The number of aryl methyl sites for hydroxylation is 1. The van der Waals surface area contributed by atoms with Crippen LogP contribution in [0.5, 0.6) is 0 Å². The molecule has 0 fully saturated rings. The lowest BCUT2D eigenvalue weighted by Gasteiger charge is -2.04. The van der Waals surface area contributed by atoms with Crippen LogP contribution in [0.1, 0.15) is 12.0 Å². The van der Waals surface area contributed by atoms with Crippen LogP contribution in [-0.2, 0) is 6.42 Å². The van der Waals surface area contributed by atoms with Crippen molar-refractivity contribution in [2.45, 2.75) is 12.8 Å². The maximum Gasteiger partial charge on any atom is 0.144 e. The summed E-state index contributed by atoms with van der Waals surface area (Å²) < 4.78 is 25.6. The van der Waals surface area contributed by atoms with Crippen LogP contribution in [0.4, 0.5) is 8.78 Å². The molecule has 0 atom stereocenters. The van der Waals surface area contributed by atoms with E-state index in [1.165, 1.54) is 6.07 Å². The molecule has 0 radical (unpaired) electrons. The Bertz CT molecular complexity index is 302. The Hall–Kier alpha value is -0.670. The zero-order valence-electron chi connectivity index (χ0n) is 6.99. The van der Waals surface area contributed by atoms with Crippen molar-refractivity contribution in [1.82, 2.24) is 0 Å². The Morgan fingerprint density at radius 3 is 2.62 bits per heavy atom.